The van der Waals surface area contributed by atoms with Crippen LogP contribution in [0.15, 0.2) is 12.7 Å². The van der Waals surface area contributed by atoms with Crippen LogP contribution in [0.5, 0.6) is 0 Å². The summed E-state index contributed by atoms with van der Waals surface area (Å²) in [6.07, 6.45) is 19.6. The van der Waals surface area contributed by atoms with Gasteiger partial charge in [-0.05, 0) is 82.0 Å². The predicted molar refractivity (Wildman–Crippen MR) is 129 cm³/mol. The van der Waals surface area contributed by atoms with Crippen molar-refractivity contribution in [2.45, 2.75) is 121 Å². The van der Waals surface area contributed by atoms with Gasteiger partial charge in [0.15, 0.2) is 0 Å². The first-order chi connectivity index (χ1) is 16.6. The number of carbonyl (C=O) groups is 2. The maximum absolute atomic E-state index is 11.8. The summed E-state index contributed by atoms with van der Waals surface area (Å²) < 4.78 is 21.7. The van der Waals surface area contributed by atoms with Gasteiger partial charge in [0.25, 0.3) is 0 Å². The molecule has 2 heterocycles. The molecule has 0 N–H and O–H groups in total. The van der Waals surface area contributed by atoms with Crippen molar-refractivity contribution >= 4 is 11.9 Å². The Kier molecular flexibility index (Phi) is 9.87. The van der Waals surface area contributed by atoms with Gasteiger partial charge in [0.05, 0.1) is 37.6 Å². The first-order valence-electron chi connectivity index (χ1n) is 13.9. The van der Waals surface area contributed by atoms with E-state index < -0.39 is 0 Å². The molecule has 0 radical (unpaired) electrons. The summed E-state index contributed by atoms with van der Waals surface area (Å²) in [5.41, 5.74) is 0. The van der Waals surface area contributed by atoms with Crippen molar-refractivity contribution < 1.29 is 28.5 Å². The predicted octanol–water partition coefficient (Wildman–Crippen LogP) is 5.52. The van der Waals surface area contributed by atoms with Crippen LogP contribution in [0.1, 0.15) is 96.3 Å². The molecule has 5 rings (SSSR count). The molecule has 0 aromatic heterocycles. The molecule has 0 aromatic carbocycles. The van der Waals surface area contributed by atoms with Gasteiger partial charge in [0.1, 0.15) is 0 Å². The van der Waals surface area contributed by atoms with E-state index in [0.29, 0.717) is 75.1 Å². The summed E-state index contributed by atoms with van der Waals surface area (Å²) in [5, 5.41) is 0. The van der Waals surface area contributed by atoms with Crippen molar-refractivity contribution in [1.29, 1.82) is 0 Å². The molecule has 0 spiro atoms. The highest BCUT2D eigenvalue weighted by Gasteiger charge is 2.44. The van der Waals surface area contributed by atoms with Crippen LogP contribution in [0.3, 0.4) is 0 Å². The molecule has 6 nitrogen and oxygen atoms in total. The van der Waals surface area contributed by atoms with Gasteiger partial charge < -0.3 is 18.9 Å². The highest BCUT2D eigenvalue weighted by atomic mass is 16.6. The van der Waals surface area contributed by atoms with Crippen LogP contribution in [0.2, 0.25) is 0 Å². The number of esters is 2. The number of unbranched alkanes of at least 4 members (excludes halogenated alkanes) is 1. The van der Waals surface area contributed by atoms with Gasteiger partial charge in [0.2, 0.25) is 0 Å². The van der Waals surface area contributed by atoms with Crippen LogP contribution >= 0.6 is 0 Å². The molecule has 0 bridgehead atoms. The molecule has 3 aliphatic carbocycles. The second-order valence-electron chi connectivity index (χ2n) is 11.0. The second-order valence-corrected chi connectivity index (χ2v) is 11.0. The second kappa shape index (κ2) is 13.1. The lowest BCUT2D eigenvalue weighted by Crippen LogP contribution is -2.20. The molecule has 34 heavy (non-hydrogen) atoms. The van der Waals surface area contributed by atoms with E-state index in [-0.39, 0.29) is 11.9 Å². The Morgan fingerprint density at radius 3 is 1.62 bits per heavy atom. The number of hydrogen-bond donors (Lipinski definition) is 0. The number of carbonyl (C=O) groups excluding carboxylic acids is 2. The fourth-order valence-corrected chi connectivity index (χ4v) is 5.75. The van der Waals surface area contributed by atoms with Gasteiger partial charge in [-0.3, -0.25) is 9.59 Å². The highest BCUT2D eigenvalue weighted by Crippen LogP contribution is 2.40. The molecule has 5 aliphatic rings. The molecular weight excluding hydrogens is 432 g/mol. The normalized spacial score (nSPS) is 33.9. The molecule has 5 fully saturated rings. The third-order valence-corrected chi connectivity index (χ3v) is 8.18. The largest absolute Gasteiger partial charge is 0.465 e. The lowest BCUT2D eigenvalue weighted by atomic mass is 9.90. The third kappa shape index (κ3) is 8.67. The molecule has 3 saturated carbocycles. The number of fused-ring (bicyclic) bond motifs is 2. The fraction of sp³-hybridized carbons (Fsp3) is 0.857. The minimum Gasteiger partial charge on any atom is -0.465 e. The monoisotopic (exact) mass is 476 g/mol. The summed E-state index contributed by atoms with van der Waals surface area (Å²) in [5.74, 6) is 1.45. The number of epoxide rings is 2. The first-order valence-corrected chi connectivity index (χ1v) is 13.9. The molecule has 2 aliphatic heterocycles. The van der Waals surface area contributed by atoms with Crippen molar-refractivity contribution in [3.05, 3.63) is 12.7 Å². The zero-order valence-electron chi connectivity index (χ0n) is 20.8. The minimum atomic E-state index is -0.154. The topological polar surface area (TPSA) is 77.7 Å². The van der Waals surface area contributed by atoms with Gasteiger partial charge in [0, 0.05) is 12.8 Å². The molecule has 6 heteroatoms. The molecule has 6 unspecified atom stereocenters. The molecule has 0 aromatic rings. The zero-order chi connectivity index (χ0) is 23.8. The summed E-state index contributed by atoms with van der Waals surface area (Å²) >= 11 is 0. The Labute approximate surface area is 205 Å². The van der Waals surface area contributed by atoms with Crippen molar-refractivity contribution in [2.75, 3.05) is 13.2 Å². The molecular formula is C28H44O6. The van der Waals surface area contributed by atoms with E-state index in [9.17, 15) is 9.59 Å². The van der Waals surface area contributed by atoms with Crippen molar-refractivity contribution in [2.24, 2.45) is 17.8 Å². The quantitative estimate of drug-likeness (QED) is 0.179. The smallest absolute Gasteiger partial charge is 0.305 e. The Balaban J connectivity index is 0.000000291. The zero-order valence-corrected chi connectivity index (χ0v) is 20.8. The van der Waals surface area contributed by atoms with Crippen molar-refractivity contribution in [1.82, 2.24) is 0 Å². The average Bonchev–Trinajstić information content (AvgIpc) is 3.79. The van der Waals surface area contributed by atoms with Crippen LogP contribution in [-0.4, -0.2) is 49.6 Å². The summed E-state index contributed by atoms with van der Waals surface area (Å²) in [6, 6.07) is 0. The van der Waals surface area contributed by atoms with E-state index in [0.717, 1.165) is 44.4 Å². The van der Waals surface area contributed by atoms with Gasteiger partial charge in [-0.1, -0.05) is 25.3 Å². The highest BCUT2D eigenvalue weighted by molar-refractivity contribution is 5.70. The van der Waals surface area contributed by atoms with E-state index >= 15 is 0 Å². The molecule has 6 atom stereocenters. The number of rotatable bonds is 10. The Bertz CT molecular complexity index is 626. The van der Waals surface area contributed by atoms with Crippen LogP contribution in [-0.2, 0) is 28.5 Å². The molecule has 0 amide bonds. The van der Waals surface area contributed by atoms with Gasteiger partial charge in [-0.25, -0.2) is 0 Å². The van der Waals surface area contributed by atoms with E-state index in [4.69, 9.17) is 18.9 Å². The van der Waals surface area contributed by atoms with Gasteiger partial charge in [-0.15, -0.1) is 6.58 Å². The number of ether oxygens (including phenoxy) is 4. The van der Waals surface area contributed by atoms with E-state index in [1.54, 1.807) is 0 Å². The summed E-state index contributed by atoms with van der Waals surface area (Å²) in [4.78, 5) is 23.6. The lowest BCUT2D eigenvalue weighted by molar-refractivity contribution is -0.147. The summed E-state index contributed by atoms with van der Waals surface area (Å²) in [7, 11) is 0. The van der Waals surface area contributed by atoms with Gasteiger partial charge in [-0.2, -0.15) is 0 Å². The van der Waals surface area contributed by atoms with E-state index in [1.807, 2.05) is 0 Å². The fourth-order valence-electron chi connectivity index (χ4n) is 5.75. The SMILES string of the molecule is C=CC1CCCCC1.O=C(CCCCC(=O)OCC1CCC2OC2C1)OCC1CCC2OC2C1. The summed E-state index contributed by atoms with van der Waals surface area (Å²) in [6.45, 7) is 4.81. The standard InChI is InChI=1S/C20H30O6.C8H14/c21-19(23-11-13-5-7-15-17(9-13)25-15)3-1-2-4-20(22)24-12-14-6-8-16-18(10-14)26-16;1-2-8-6-4-3-5-7-8/h13-18H,1-12H2;2,8H,1,3-7H2. The Morgan fingerprint density at radius 1 is 0.706 bits per heavy atom. The third-order valence-electron chi connectivity index (χ3n) is 8.18. The van der Waals surface area contributed by atoms with E-state index in [1.165, 1.54) is 32.1 Å². The maximum Gasteiger partial charge on any atom is 0.305 e. The van der Waals surface area contributed by atoms with Crippen molar-refractivity contribution in [3.8, 4) is 0 Å². The minimum absolute atomic E-state index is 0.154. The molecule has 2 saturated heterocycles. The van der Waals surface area contributed by atoms with E-state index in [2.05, 4.69) is 12.7 Å². The van der Waals surface area contributed by atoms with Crippen LogP contribution in [0.25, 0.3) is 0 Å². The Morgan fingerprint density at radius 2 is 1.21 bits per heavy atom. The number of hydrogen-bond acceptors (Lipinski definition) is 6. The maximum atomic E-state index is 11.8. The van der Waals surface area contributed by atoms with Crippen molar-refractivity contribution in [3.63, 3.8) is 0 Å². The average molecular weight is 477 g/mol. The van der Waals surface area contributed by atoms with Crippen LogP contribution in [0, 0.1) is 17.8 Å². The Hall–Kier alpha value is -1.40. The lowest BCUT2D eigenvalue weighted by Gasteiger charge is -2.18. The number of allylic oxidation sites excluding steroid dienone is 1. The molecule has 192 valence electrons. The van der Waals surface area contributed by atoms with Gasteiger partial charge >= 0.3 is 11.9 Å². The first kappa shape index (κ1) is 25.7. The van der Waals surface area contributed by atoms with Crippen LogP contribution in [0.4, 0.5) is 0 Å². The van der Waals surface area contributed by atoms with Crippen LogP contribution < -0.4 is 0 Å².